The number of halogens is 2. The van der Waals surface area contributed by atoms with Gasteiger partial charge in [0.1, 0.15) is 12.6 Å². The normalized spacial score (nSPS) is 13.3. The number of nitrogens with zero attached hydrogens (tertiary/aromatic N) is 2. The predicted octanol–water partition coefficient (Wildman–Crippen LogP) is 3.04. The summed E-state index contributed by atoms with van der Waals surface area (Å²) in [6, 6.07) is 8.54. The largest absolute Gasteiger partial charge is 0.454 e. The Morgan fingerprint density at radius 3 is 2.47 bits per heavy atom. The Kier molecular flexibility index (Phi) is 8.17. The van der Waals surface area contributed by atoms with E-state index in [2.05, 4.69) is 5.32 Å². The van der Waals surface area contributed by atoms with Crippen molar-refractivity contribution in [3.8, 4) is 11.5 Å². The summed E-state index contributed by atoms with van der Waals surface area (Å²) in [6.45, 7) is 2.52. The molecule has 1 aliphatic heterocycles. The molecular weight excluding hydrogens is 505 g/mol. The SMILES string of the molecule is CCS(=O)(=O)N(CC(=O)N(Cc1ccc(Cl)cc1Cl)[C@H](C)C(=O)NC)c1ccc2c(c1)OCO2. The van der Waals surface area contributed by atoms with Crippen LogP contribution in [0.2, 0.25) is 10.0 Å². The van der Waals surface area contributed by atoms with Crippen molar-refractivity contribution in [3.63, 3.8) is 0 Å². The minimum Gasteiger partial charge on any atom is -0.454 e. The first-order valence-corrected chi connectivity index (χ1v) is 12.8. The topological polar surface area (TPSA) is 105 Å². The first-order chi connectivity index (χ1) is 16.1. The number of benzene rings is 2. The minimum atomic E-state index is -3.85. The smallest absolute Gasteiger partial charge is 0.244 e. The molecule has 2 amide bonds. The second kappa shape index (κ2) is 10.7. The second-order valence-electron chi connectivity index (χ2n) is 7.49. The van der Waals surface area contributed by atoms with Crippen molar-refractivity contribution in [2.24, 2.45) is 0 Å². The molecule has 2 aromatic carbocycles. The zero-order chi connectivity index (χ0) is 25.0. The highest BCUT2D eigenvalue weighted by Gasteiger charge is 2.31. The summed E-state index contributed by atoms with van der Waals surface area (Å²) in [5, 5.41) is 3.26. The number of ether oxygens (including phenoxy) is 2. The number of rotatable bonds is 9. The van der Waals surface area contributed by atoms with Crippen LogP contribution in [0.15, 0.2) is 36.4 Å². The zero-order valence-corrected chi connectivity index (χ0v) is 21.2. The van der Waals surface area contributed by atoms with Crippen LogP contribution in [0.4, 0.5) is 5.69 Å². The molecule has 0 bridgehead atoms. The van der Waals surface area contributed by atoms with E-state index in [1.165, 1.54) is 37.1 Å². The number of amides is 2. The Balaban J connectivity index is 1.96. The molecule has 12 heteroatoms. The summed E-state index contributed by atoms with van der Waals surface area (Å²) in [4.78, 5) is 27.2. The van der Waals surface area contributed by atoms with Crippen molar-refractivity contribution in [2.45, 2.75) is 26.4 Å². The fraction of sp³-hybridized carbons (Fsp3) is 0.364. The molecule has 0 aliphatic carbocycles. The molecule has 184 valence electrons. The van der Waals surface area contributed by atoms with Gasteiger partial charge in [-0.2, -0.15) is 0 Å². The molecule has 1 aliphatic rings. The lowest BCUT2D eigenvalue weighted by Gasteiger charge is -2.31. The molecule has 0 fully saturated rings. The Morgan fingerprint density at radius 2 is 1.82 bits per heavy atom. The van der Waals surface area contributed by atoms with E-state index in [1.54, 1.807) is 25.1 Å². The highest BCUT2D eigenvalue weighted by molar-refractivity contribution is 7.92. The van der Waals surface area contributed by atoms with Gasteiger partial charge in [-0.1, -0.05) is 29.3 Å². The van der Waals surface area contributed by atoms with E-state index in [9.17, 15) is 18.0 Å². The van der Waals surface area contributed by atoms with Gasteiger partial charge in [0, 0.05) is 29.7 Å². The number of carbonyl (C=O) groups is 2. The number of nitrogens with one attached hydrogen (secondary N) is 1. The first kappa shape index (κ1) is 25.9. The Morgan fingerprint density at radius 1 is 1.12 bits per heavy atom. The number of anilines is 1. The highest BCUT2D eigenvalue weighted by atomic mass is 35.5. The van der Waals surface area contributed by atoms with E-state index >= 15 is 0 Å². The van der Waals surface area contributed by atoms with Crippen molar-refractivity contribution >= 4 is 50.7 Å². The summed E-state index contributed by atoms with van der Waals surface area (Å²) >= 11 is 12.3. The fourth-order valence-electron chi connectivity index (χ4n) is 3.39. The van der Waals surface area contributed by atoms with Gasteiger partial charge in [0.05, 0.1) is 11.4 Å². The van der Waals surface area contributed by atoms with Crippen LogP contribution < -0.4 is 19.1 Å². The van der Waals surface area contributed by atoms with Crippen LogP contribution >= 0.6 is 23.2 Å². The first-order valence-electron chi connectivity index (χ1n) is 10.4. The van der Waals surface area contributed by atoms with Crippen LogP contribution in [-0.4, -0.2) is 57.3 Å². The fourth-order valence-corrected chi connectivity index (χ4v) is 4.91. The Hall–Kier alpha value is -2.69. The van der Waals surface area contributed by atoms with Crippen LogP contribution in [0.25, 0.3) is 0 Å². The number of hydrogen-bond acceptors (Lipinski definition) is 6. The quantitative estimate of drug-likeness (QED) is 0.535. The lowest BCUT2D eigenvalue weighted by molar-refractivity contribution is -0.139. The lowest BCUT2D eigenvalue weighted by atomic mass is 10.1. The molecule has 1 heterocycles. The van der Waals surface area contributed by atoms with E-state index in [0.717, 1.165) is 4.31 Å². The van der Waals surface area contributed by atoms with Crippen molar-refractivity contribution in [2.75, 3.05) is 30.4 Å². The van der Waals surface area contributed by atoms with E-state index < -0.39 is 34.4 Å². The van der Waals surface area contributed by atoms with Gasteiger partial charge in [0.15, 0.2) is 11.5 Å². The van der Waals surface area contributed by atoms with Crippen molar-refractivity contribution in [3.05, 3.63) is 52.0 Å². The van der Waals surface area contributed by atoms with Crippen LogP contribution in [-0.2, 0) is 26.2 Å². The molecule has 0 saturated carbocycles. The van der Waals surface area contributed by atoms with Gasteiger partial charge in [-0.25, -0.2) is 8.42 Å². The van der Waals surface area contributed by atoms with Gasteiger partial charge in [0.25, 0.3) is 0 Å². The predicted molar refractivity (Wildman–Crippen MR) is 130 cm³/mol. The third-order valence-electron chi connectivity index (χ3n) is 5.39. The van der Waals surface area contributed by atoms with E-state index in [1.807, 2.05) is 0 Å². The molecule has 3 rings (SSSR count). The average Bonchev–Trinajstić information content (AvgIpc) is 3.28. The molecule has 9 nitrogen and oxygen atoms in total. The third-order valence-corrected chi connectivity index (χ3v) is 7.72. The number of likely N-dealkylation sites (N-methyl/N-ethyl adjacent to an activating group) is 1. The molecule has 34 heavy (non-hydrogen) atoms. The van der Waals surface area contributed by atoms with Crippen molar-refractivity contribution < 1.29 is 27.5 Å². The maximum Gasteiger partial charge on any atom is 0.244 e. The van der Waals surface area contributed by atoms with Gasteiger partial charge in [-0.05, 0) is 43.7 Å². The summed E-state index contributed by atoms with van der Waals surface area (Å²) in [7, 11) is -2.40. The van der Waals surface area contributed by atoms with Gasteiger partial charge < -0.3 is 19.7 Å². The minimum absolute atomic E-state index is 0.0232. The highest BCUT2D eigenvalue weighted by Crippen LogP contribution is 2.36. The van der Waals surface area contributed by atoms with Crippen LogP contribution in [0.1, 0.15) is 19.4 Å². The maximum atomic E-state index is 13.5. The molecule has 0 spiro atoms. The number of hydrogen-bond donors (Lipinski definition) is 1. The maximum absolute atomic E-state index is 13.5. The number of fused-ring (bicyclic) bond motifs is 1. The van der Waals surface area contributed by atoms with Crippen LogP contribution in [0, 0.1) is 0 Å². The summed E-state index contributed by atoms with van der Waals surface area (Å²) in [6.07, 6.45) is 0. The molecule has 0 saturated heterocycles. The average molecular weight is 530 g/mol. The molecule has 1 atom stereocenters. The molecule has 0 aromatic heterocycles. The molecule has 0 radical (unpaired) electrons. The van der Waals surface area contributed by atoms with Gasteiger partial charge in [-0.15, -0.1) is 0 Å². The zero-order valence-electron chi connectivity index (χ0n) is 18.9. The van der Waals surface area contributed by atoms with E-state index in [0.29, 0.717) is 27.1 Å². The van der Waals surface area contributed by atoms with E-state index in [4.69, 9.17) is 32.7 Å². The molecule has 2 aromatic rings. The van der Waals surface area contributed by atoms with E-state index in [-0.39, 0.29) is 24.8 Å². The third kappa shape index (κ3) is 5.68. The van der Waals surface area contributed by atoms with Gasteiger partial charge in [-0.3, -0.25) is 13.9 Å². The van der Waals surface area contributed by atoms with Gasteiger partial charge >= 0.3 is 0 Å². The standard InChI is InChI=1S/C22H25Cl2N3O6S/c1-4-34(30,31)27(17-7-8-19-20(10-17)33-13-32-19)12-21(28)26(14(2)22(29)25-3)11-15-5-6-16(23)9-18(15)24/h5-10,14H,4,11-13H2,1-3H3,(H,25,29)/t14-/m1/s1. The second-order valence-corrected chi connectivity index (χ2v) is 10.5. The number of carbonyl (C=O) groups excluding carboxylic acids is 2. The Labute approximate surface area is 208 Å². The van der Waals surface area contributed by atoms with Crippen molar-refractivity contribution in [1.29, 1.82) is 0 Å². The monoisotopic (exact) mass is 529 g/mol. The van der Waals surface area contributed by atoms with Crippen molar-refractivity contribution in [1.82, 2.24) is 10.2 Å². The Bertz CT molecular complexity index is 1190. The molecular formula is C22H25Cl2N3O6S. The van der Waals surface area contributed by atoms with Crippen LogP contribution in [0.3, 0.4) is 0 Å². The summed E-state index contributed by atoms with van der Waals surface area (Å²) in [5.74, 6) is -0.368. The molecule has 1 N–H and O–H groups in total. The molecule has 0 unspecified atom stereocenters. The van der Waals surface area contributed by atoms with Gasteiger partial charge in [0.2, 0.25) is 28.6 Å². The lowest BCUT2D eigenvalue weighted by Crippen LogP contribution is -2.51. The summed E-state index contributed by atoms with van der Waals surface area (Å²) < 4.78 is 37.5. The summed E-state index contributed by atoms with van der Waals surface area (Å²) in [5.41, 5.74) is 0.805. The van der Waals surface area contributed by atoms with Crippen LogP contribution in [0.5, 0.6) is 11.5 Å². The number of sulfonamides is 1.